The molecule has 0 bridgehead atoms. The minimum Gasteiger partial charge on any atom is -0.358 e. The zero-order valence-corrected chi connectivity index (χ0v) is 18.1. The van der Waals surface area contributed by atoms with Gasteiger partial charge in [0.2, 0.25) is 0 Å². The van der Waals surface area contributed by atoms with Crippen molar-refractivity contribution in [2.45, 2.75) is 26.9 Å². The van der Waals surface area contributed by atoms with E-state index in [4.69, 9.17) is 0 Å². The molecule has 3 heterocycles. The molecule has 4 rings (SSSR count). The number of amides is 1. The minimum absolute atomic E-state index is 0.211. The first-order chi connectivity index (χ1) is 15.3. The van der Waals surface area contributed by atoms with E-state index in [2.05, 4.69) is 15.5 Å². The van der Waals surface area contributed by atoms with Gasteiger partial charge in [-0.25, -0.2) is 4.39 Å². The molecule has 4 aromatic rings. The Balaban J connectivity index is 1.43. The molecule has 1 amide bonds. The molecule has 0 fully saturated rings. The molecule has 0 aliphatic rings. The van der Waals surface area contributed by atoms with Gasteiger partial charge in [-0.2, -0.15) is 9.78 Å². The zero-order valence-electron chi connectivity index (χ0n) is 17.3. The van der Waals surface area contributed by atoms with E-state index in [1.165, 1.54) is 28.2 Å². The van der Waals surface area contributed by atoms with Crippen LogP contribution in [0.4, 0.5) is 16.0 Å². The summed E-state index contributed by atoms with van der Waals surface area (Å²) in [5, 5.41) is 23.8. The summed E-state index contributed by atoms with van der Waals surface area (Å²) in [6.07, 6.45) is 0. The monoisotopic (exact) mass is 454 g/mol. The maximum absolute atomic E-state index is 13.9. The fourth-order valence-corrected chi connectivity index (χ4v) is 3.99. The van der Waals surface area contributed by atoms with Crippen LogP contribution in [-0.2, 0) is 13.1 Å². The van der Waals surface area contributed by atoms with E-state index >= 15 is 0 Å². The molecule has 0 atom stereocenters. The molecule has 9 nitrogen and oxygen atoms in total. The summed E-state index contributed by atoms with van der Waals surface area (Å²) >= 11 is 1.26. The summed E-state index contributed by atoms with van der Waals surface area (Å²) < 4.78 is 17.1. The molecule has 0 radical (unpaired) electrons. The lowest BCUT2D eigenvalue weighted by molar-refractivity contribution is -0.389. The molecular weight excluding hydrogens is 435 g/mol. The lowest BCUT2D eigenvalue weighted by Crippen LogP contribution is -2.12. The molecular formula is C21H19FN6O3S. The Morgan fingerprint density at radius 1 is 1.12 bits per heavy atom. The SMILES string of the molecule is Cc1cc(NC(=O)c2cc(Cn3nc([N+](=O)[O-])cc3C)cs2)nn1Cc1ccccc1F. The van der Waals surface area contributed by atoms with Crippen molar-refractivity contribution in [1.29, 1.82) is 0 Å². The van der Waals surface area contributed by atoms with Crippen LogP contribution in [0, 0.1) is 29.8 Å². The van der Waals surface area contributed by atoms with Crippen molar-refractivity contribution in [3.63, 3.8) is 0 Å². The van der Waals surface area contributed by atoms with Gasteiger partial charge in [0.1, 0.15) is 5.82 Å². The summed E-state index contributed by atoms with van der Waals surface area (Å²) in [5.41, 5.74) is 2.76. The third-order valence-electron chi connectivity index (χ3n) is 4.87. The molecule has 0 unspecified atom stereocenters. The summed E-state index contributed by atoms with van der Waals surface area (Å²) in [7, 11) is 0. The van der Waals surface area contributed by atoms with Gasteiger partial charge in [-0.1, -0.05) is 18.2 Å². The van der Waals surface area contributed by atoms with Gasteiger partial charge in [0, 0.05) is 17.3 Å². The highest BCUT2D eigenvalue weighted by atomic mass is 32.1. The number of hydrogen-bond acceptors (Lipinski definition) is 6. The number of hydrogen-bond donors (Lipinski definition) is 1. The average Bonchev–Trinajstić information content (AvgIpc) is 3.44. The molecule has 0 saturated carbocycles. The molecule has 32 heavy (non-hydrogen) atoms. The van der Waals surface area contributed by atoms with Gasteiger partial charge < -0.3 is 15.4 Å². The van der Waals surface area contributed by atoms with Crippen LogP contribution >= 0.6 is 11.3 Å². The van der Waals surface area contributed by atoms with E-state index in [9.17, 15) is 19.3 Å². The Hall–Kier alpha value is -3.86. The fourth-order valence-electron chi connectivity index (χ4n) is 3.19. The molecule has 0 aliphatic heterocycles. The Kier molecular flexibility index (Phi) is 5.82. The molecule has 1 aromatic carbocycles. The number of nitro groups is 1. The second-order valence-corrected chi connectivity index (χ2v) is 8.16. The summed E-state index contributed by atoms with van der Waals surface area (Å²) in [5.74, 6) is -0.466. The van der Waals surface area contributed by atoms with Crippen molar-refractivity contribution in [1.82, 2.24) is 19.6 Å². The smallest absolute Gasteiger partial charge is 0.358 e. The largest absolute Gasteiger partial charge is 0.390 e. The summed E-state index contributed by atoms with van der Waals surface area (Å²) in [6, 6.07) is 11.3. The molecule has 0 saturated heterocycles. The van der Waals surface area contributed by atoms with Crippen LogP contribution in [0.25, 0.3) is 0 Å². The van der Waals surface area contributed by atoms with Crippen LogP contribution in [0.3, 0.4) is 0 Å². The number of thiophene rings is 1. The number of rotatable bonds is 7. The van der Waals surface area contributed by atoms with Crippen molar-refractivity contribution in [2.24, 2.45) is 0 Å². The number of carbonyl (C=O) groups excluding carboxylic acids is 1. The van der Waals surface area contributed by atoms with Gasteiger partial charge in [0.15, 0.2) is 5.82 Å². The van der Waals surface area contributed by atoms with Crippen LogP contribution in [0.2, 0.25) is 0 Å². The number of carbonyl (C=O) groups is 1. The Labute approximate surface area is 186 Å². The van der Waals surface area contributed by atoms with Crippen molar-refractivity contribution >= 4 is 28.9 Å². The van der Waals surface area contributed by atoms with Gasteiger partial charge in [-0.05, 0) is 41.8 Å². The highest BCUT2D eigenvalue weighted by Crippen LogP contribution is 2.20. The number of aromatic nitrogens is 4. The number of nitrogens with one attached hydrogen (secondary N) is 1. The van der Waals surface area contributed by atoms with E-state index in [0.717, 1.165) is 11.3 Å². The summed E-state index contributed by atoms with van der Waals surface area (Å²) in [4.78, 5) is 23.5. The van der Waals surface area contributed by atoms with Crippen LogP contribution in [0.15, 0.2) is 47.8 Å². The second-order valence-electron chi connectivity index (χ2n) is 7.25. The first kappa shape index (κ1) is 21.4. The molecule has 3 aromatic heterocycles. The van der Waals surface area contributed by atoms with E-state index in [-0.39, 0.29) is 24.1 Å². The summed E-state index contributed by atoms with van der Waals surface area (Å²) in [6.45, 7) is 4.14. The van der Waals surface area contributed by atoms with E-state index in [0.29, 0.717) is 28.5 Å². The minimum atomic E-state index is -0.538. The van der Waals surface area contributed by atoms with Crippen LogP contribution in [0.5, 0.6) is 0 Å². The normalized spacial score (nSPS) is 11.0. The number of aryl methyl sites for hydroxylation is 2. The number of benzene rings is 1. The zero-order chi connectivity index (χ0) is 22.8. The number of halogens is 1. The van der Waals surface area contributed by atoms with Crippen molar-refractivity contribution in [2.75, 3.05) is 5.32 Å². The third kappa shape index (κ3) is 4.57. The van der Waals surface area contributed by atoms with E-state index < -0.39 is 4.92 Å². The van der Waals surface area contributed by atoms with Crippen molar-refractivity contribution < 1.29 is 14.1 Å². The highest BCUT2D eigenvalue weighted by molar-refractivity contribution is 7.12. The van der Waals surface area contributed by atoms with Gasteiger partial charge in [-0.3, -0.25) is 9.48 Å². The predicted octanol–water partition coefficient (Wildman–Crippen LogP) is 4.15. The Morgan fingerprint density at radius 3 is 2.56 bits per heavy atom. The van der Waals surface area contributed by atoms with E-state index in [1.54, 1.807) is 41.9 Å². The first-order valence-electron chi connectivity index (χ1n) is 9.65. The van der Waals surface area contributed by atoms with Gasteiger partial charge >= 0.3 is 5.82 Å². The molecule has 0 spiro atoms. The maximum Gasteiger partial charge on any atom is 0.390 e. The quantitative estimate of drug-likeness (QED) is 0.333. The number of anilines is 1. The molecule has 11 heteroatoms. The van der Waals surface area contributed by atoms with Gasteiger partial charge in [-0.15, -0.1) is 11.3 Å². The molecule has 164 valence electrons. The topological polar surface area (TPSA) is 108 Å². The third-order valence-corrected chi connectivity index (χ3v) is 5.84. The van der Waals surface area contributed by atoms with Crippen LogP contribution in [0.1, 0.15) is 32.2 Å². The fraction of sp³-hybridized carbons (Fsp3) is 0.190. The lowest BCUT2D eigenvalue weighted by atomic mass is 10.2. The van der Waals surface area contributed by atoms with Gasteiger partial charge in [0.05, 0.1) is 34.8 Å². The molecule has 1 N–H and O–H groups in total. The lowest BCUT2D eigenvalue weighted by Gasteiger charge is -2.05. The van der Waals surface area contributed by atoms with Crippen LogP contribution < -0.4 is 5.32 Å². The van der Waals surface area contributed by atoms with Gasteiger partial charge in [0.25, 0.3) is 5.91 Å². The van der Waals surface area contributed by atoms with Crippen LogP contribution in [-0.4, -0.2) is 30.4 Å². The maximum atomic E-state index is 13.9. The van der Waals surface area contributed by atoms with Crippen molar-refractivity contribution in [3.8, 4) is 0 Å². The molecule has 0 aliphatic carbocycles. The highest BCUT2D eigenvalue weighted by Gasteiger charge is 2.17. The average molecular weight is 454 g/mol. The Morgan fingerprint density at radius 2 is 1.84 bits per heavy atom. The standard InChI is InChI=1S/C21H19FN6O3S/c1-13-7-19(24-27(13)11-16-5-3-4-6-17(16)22)23-21(29)18-9-15(12-32-18)10-26-14(2)8-20(25-26)28(30)31/h3-9,12H,10-11H2,1-2H3,(H,23,24,29). The van der Waals surface area contributed by atoms with Crippen molar-refractivity contribution in [3.05, 3.63) is 91.2 Å². The predicted molar refractivity (Wildman–Crippen MR) is 117 cm³/mol. The Bertz CT molecular complexity index is 1310. The first-order valence-corrected chi connectivity index (χ1v) is 10.5. The number of nitrogens with zero attached hydrogens (tertiary/aromatic N) is 5. The van der Waals surface area contributed by atoms with E-state index in [1.807, 2.05) is 12.3 Å². The second kappa shape index (κ2) is 8.71.